The van der Waals surface area contributed by atoms with Crippen molar-refractivity contribution in [3.63, 3.8) is 0 Å². The Labute approximate surface area is 387 Å². The van der Waals surface area contributed by atoms with Crippen LogP contribution in [0.4, 0.5) is 34.1 Å². The summed E-state index contributed by atoms with van der Waals surface area (Å²) in [5.74, 6) is 0. The molecule has 6 heteroatoms. The maximum absolute atomic E-state index is 7.01. The highest BCUT2D eigenvalue weighted by Crippen LogP contribution is 2.46. The van der Waals surface area contributed by atoms with Crippen LogP contribution in [0.1, 0.15) is 0 Å². The van der Waals surface area contributed by atoms with E-state index in [-0.39, 0.29) is 0 Å². The van der Waals surface area contributed by atoms with Crippen LogP contribution in [0.3, 0.4) is 0 Å². The van der Waals surface area contributed by atoms with E-state index in [0.717, 1.165) is 143 Å². The van der Waals surface area contributed by atoms with E-state index in [4.69, 9.17) is 17.7 Å². The summed E-state index contributed by atoms with van der Waals surface area (Å²) in [5.41, 5.74) is 13.1. The Balaban J connectivity index is 0.848. The van der Waals surface area contributed by atoms with Gasteiger partial charge < -0.3 is 27.5 Å². The summed E-state index contributed by atoms with van der Waals surface area (Å²) in [7, 11) is 0. The van der Waals surface area contributed by atoms with Gasteiger partial charge in [-0.25, -0.2) is 0 Å². The Hall–Kier alpha value is -9.26. The molecule has 0 spiro atoms. The number of benzene rings is 11. The largest absolute Gasteiger partial charge is 0.456 e. The van der Waals surface area contributed by atoms with Crippen molar-refractivity contribution >= 4 is 143 Å². The minimum absolute atomic E-state index is 0.794. The van der Waals surface area contributed by atoms with Crippen molar-refractivity contribution in [3.05, 3.63) is 218 Å². The van der Waals surface area contributed by atoms with Gasteiger partial charge in [0.1, 0.15) is 44.7 Å². The summed E-state index contributed by atoms with van der Waals surface area (Å²) in [6.07, 6.45) is 0. The predicted octanol–water partition coefficient (Wildman–Crippen LogP) is 18.5. The highest BCUT2D eigenvalue weighted by Gasteiger charge is 2.22. The summed E-state index contributed by atoms with van der Waals surface area (Å²) in [6, 6.07) is 76.6. The van der Waals surface area contributed by atoms with Crippen molar-refractivity contribution < 1.29 is 17.7 Å². The number of rotatable bonds is 6. The number of fused-ring (bicyclic) bond motifs is 17. The molecule has 0 unspecified atom stereocenters. The van der Waals surface area contributed by atoms with Gasteiger partial charge in [0.25, 0.3) is 0 Å². The molecular weight excluding hydrogens is 837 g/mol. The molecule has 68 heavy (non-hydrogen) atoms. The van der Waals surface area contributed by atoms with Crippen molar-refractivity contribution in [1.29, 1.82) is 0 Å². The Morgan fingerprint density at radius 3 is 1.21 bits per heavy atom. The minimum atomic E-state index is 0.794. The van der Waals surface area contributed by atoms with Gasteiger partial charge in [-0.05, 0) is 144 Å². The van der Waals surface area contributed by atoms with Gasteiger partial charge in [-0.3, -0.25) is 0 Å². The monoisotopic (exact) mass is 872 g/mol. The third-order valence-corrected chi connectivity index (χ3v) is 13.8. The molecule has 318 valence electrons. The van der Waals surface area contributed by atoms with Crippen LogP contribution in [-0.4, -0.2) is 0 Å². The summed E-state index contributed by atoms with van der Waals surface area (Å²) < 4.78 is 26.2. The molecule has 0 saturated heterocycles. The summed E-state index contributed by atoms with van der Waals surface area (Å²) in [4.78, 5) is 4.61. The lowest BCUT2D eigenvalue weighted by molar-refractivity contribution is 0.666. The number of furan rings is 4. The molecule has 6 nitrogen and oxygen atoms in total. The van der Waals surface area contributed by atoms with Crippen molar-refractivity contribution in [2.45, 2.75) is 0 Å². The number of hydrogen-bond donors (Lipinski definition) is 0. The molecule has 0 atom stereocenters. The van der Waals surface area contributed by atoms with Gasteiger partial charge in [0.2, 0.25) is 0 Å². The van der Waals surface area contributed by atoms with Crippen LogP contribution in [-0.2, 0) is 0 Å². The van der Waals surface area contributed by atoms with Crippen molar-refractivity contribution in [1.82, 2.24) is 0 Å². The van der Waals surface area contributed by atoms with Crippen LogP contribution < -0.4 is 9.80 Å². The van der Waals surface area contributed by atoms with Crippen LogP contribution in [0.5, 0.6) is 0 Å². The van der Waals surface area contributed by atoms with Crippen LogP contribution in [0.15, 0.2) is 236 Å². The molecular formula is C62H36N2O4. The lowest BCUT2D eigenvalue weighted by atomic mass is 10.0. The van der Waals surface area contributed by atoms with Gasteiger partial charge >= 0.3 is 0 Å². The summed E-state index contributed by atoms with van der Waals surface area (Å²) >= 11 is 0. The molecule has 0 N–H and O–H groups in total. The fourth-order valence-electron chi connectivity index (χ4n) is 10.7. The molecule has 0 aliphatic carbocycles. The molecule has 4 aromatic heterocycles. The topological polar surface area (TPSA) is 59.0 Å². The molecule has 15 aromatic rings. The lowest BCUT2D eigenvalue weighted by Gasteiger charge is -2.26. The minimum Gasteiger partial charge on any atom is -0.456 e. The smallest absolute Gasteiger partial charge is 0.147 e. The first-order valence-electron chi connectivity index (χ1n) is 22.9. The Morgan fingerprint density at radius 1 is 0.221 bits per heavy atom. The fraction of sp³-hybridized carbons (Fsp3) is 0. The molecule has 0 aliphatic rings. The highest BCUT2D eigenvalue weighted by atomic mass is 16.3. The van der Waals surface area contributed by atoms with E-state index in [1.54, 1.807) is 0 Å². The third kappa shape index (κ3) is 5.46. The number of nitrogens with zero attached hydrogens (tertiary/aromatic N) is 2. The molecule has 15 rings (SSSR count). The van der Waals surface area contributed by atoms with Crippen LogP contribution in [0, 0.1) is 0 Å². The zero-order chi connectivity index (χ0) is 44.5. The average Bonchev–Trinajstić information content (AvgIpc) is 4.17. The summed E-state index contributed by atoms with van der Waals surface area (Å²) in [5, 5.41) is 12.8. The quantitative estimate of drug-likeness (QED) is 0.166. The predicted molar refractivity (Wildman–Crippen MR) is 280 cm³/mol. The maximum Gasteiger partial charge on any atom is 0.147 e. The standard InChI is InChI=1S/C62H36N2O4/c1-3-11-39(12-4-1)63(43-23-30-56-52(35-43)47-15-7-9-17-54(47)65-56)41-21-27-45-37(33-41)19-25-49-50-29-32-58-59(62(50)68-60(45)49)51-26-20-38-34-42(22-28-46(38)61(51)67-58)64(40-13-5-2-6-14-40)44-24-31-57-53(36-44)48-16-8-10-18-55(48)66-57/h1-36H. The van der Waals surface area contributed by atoms with E-state index in [0.29, 0.717) is 0 Å². The highest BCUT2D eigenvalue weighted by molar-refractivity contribution is 6.27. The molecule has 0 amide bonds. The lowest BCUT2D eigenvalue weighted by Crippen LogP contribution is -2.09. The molecule has 0 aliphatic heterocycles. The second-order valence-corrected chi connectivity index (χ2v) is 17.6. The van der Waals surface area contributed by atoms with E-state index in [1.807, 2.05) is 24.3 Å². The summed E-state index contributed by atoms with van der Waals surface area (Å²) in [6.45, 7) is 0. The third-order valence-electron chi connectivity index (χ3n) is 13.8. The molecule has 11 aromatic carbocycles. The van der Waals surface area contributed by atoms with E-state index < -0.39 is 0 Å². The molecule has 0 radical (unpaired) electrons. The Bertz CT molecular complexity index is 4520. The normalized spacial score (nSPS) is 12.1. The van der Waals surface area contributed by atoms with Crippen molar-refractivity contribution in [2.24, 2.45) is 0 Å². The number of anilines is 6. The van der Waals surface area contributed by atoms with Gasteiger partial charge in [0.15, 0.2) is 0 Å². The van der Waals surface area contributed by atoms with E-state index in [2.05, 4.69) is 204 Å². The average molecular weight is 873 g/mol. The van der Waals surface area contributed by atoms with Gasteiger partial charge in [0, 0.05) is 82.6 Å². The Morgan fingerprint density at radius 2 is 0.632 bits per heavy atom. The number of hydrogen-bond acceptors (Lipinski definition) is 6. The maximum atomic E-state index is 7.01. The van der Waals surface area contributed by atoms with Crippen LogP contribution >= 0.6 is 0 Å². The van der Waals surface area contributed by atoms with Crippen LogP contribution in [0.2, 0.25) is 0 Å². The van der Waals surface area contributed by atoms with Gasteiger partial charge in [0.05, 0.1) is 5.39 Å². The molecule has 0 saturated carbocycles. The number of para-hydroxylation sites is 4. The van der Waals surface area contributed by atoms with E-state index in [1.165, 1.54) is 0 Å². The zero-order valence-electron chi connectivity index (χ0n) is 36.3. The van der Waals surface area contributed by atoms with Gasteiger partial charge in [-0.1, -0.05) is 84.9 Å². The van der Waals surface area contributed by atoms with Gasteiger partial charge in [-0.15, -0.1) is 0 Å². The molecule has 0 fully saturated rings. The van der Waals surface area contributed by atoms with E-state index >= 15 is 0 Å². The Kier molecular flexibility index (Phi) is 7.69. The second kappa shape index (κ2) is 14.1. The van der Waals surface area contributed by atoms with Crippen molar-refractivity contribution in [3.8, 4) is 0 Å². The first kappa shape index (κ1) is 37.0. The first-order chi connectivity index (χ1) is 33.7. The van der Waals surface area contributed by atoms with Crippen molar-refractivity contribution in [2.75, 3.05) is 9.80 Å². The SMILES string of the molecule is c1ccc(N(c2ccc3c(ccc4c5ccc6oc7c8ccc(N(c9ccccc9)c9ccc%10oc%11ccccc%11c%10c9)cc8ccc7c6c5oc34)c2)c2ccc3oc4ccccc4c3c2)cc1. The second-order valence-electron chi connectivity index (χ2n) is 17.6. The molecule has 4 heterocycles. The van der Waals surface area contributed by atoms with Crippen LogP contribution in [0.25, 0.3) is 109 Å². The fourth-order valence-corrected chi connectivity index (χ4v) is 10.7. The zero-order valence-corrected chi connectivity index (χ0v) is 36.3. The van der Waals surface area contributed by atoms with Gasteiger partial charge in [-0.2, -0.15) is 0 Å². The first-order valence-corrected chi connectivity index (χ1v) is 22.9. The molecule has 0 bridgehead atoms. The van der Waals surface area contributed by atoms with E-state index in [9.17, 15) is 0 Å².